The number of thiocarbonyl (C=S) groups is 1. The first-order valence-corrected chi connectivity index (χ1v) is 6.07. The molecule has 0 aliphatic carbocycles. The molecule has 0 atom stereocenters. The average molecular weight is 266 g/mol. The molecule has 0 aromatic heterocycles. The van der Waals surface area contributed by atoms with E-state index in [1.165, 1.54) is 0 Å². The van der Waals surface area contributed by atoms with Gasteiger partial charge in [-0.05, 0) is 37.3 Å². The Morgan fingerprint density at radius 1 is 1.33 bits per heavy atom. The third-order valence-electron chi connectivity index (χ3n) is 2.25. The molecule has 0 radical (unpaired) electrons. The van der Waals surface area contributed by atoms with E-state index in [0.717, 1.165) is 5.69 Å². The Balaban J connectivity index is 2.61. The van der Waals surface area contributed by atoms with Crippen molar-refractivity contribution < 1.29 is 4.79 Å². The number of anilines is 1. The van der Waals surface area contributed by atoms with E-state index >= 15 is 0 Å². The molecule has 0 saturated heterocycles. The Bertz CT molecular complexity index is 434. The summed E-state index contributed by atoms with van der Waals surface area (Å²) in [5.41, 5.74) is 6.72. The lowest BCUT2D eigenvalue weighted by molar-refractivity contribution is 0.0943. The monoisotopic (exact) mass is 266 g/mol. The van der Waals surface area contributed by atoms with E-state index in [1.54, 1.807) is 6.07 Å². The molecule has 1 rings (SSSR count). The summed E-state index contributed by atoms with van der Waals surface area (Å²) in [4.78, 5) is 13.8. The maximum atomic E-state index is 11.8. The SMILES string of the molecule is CCNC(=S)NNC(=O)c1cccc(N(C)C)c1. The van der Waals surface area contributed by atoms with Gasteiger partial charge >= 0.3 is 0 Å². The number of hydrazine groups is 1. The molecule has 0 aliphatic rings. The third kappa shape index (κ3) is 4.21. The van der Waals surface area contributed by atoms with Crippen molar-refractivity contribution >= 4 is 28.9 Å². The van der Waals surface area contributed by atoms with Gasteiger partial charge in [-0.15, -0.1) is 0 Å². The predicted octanol–water partition coefficient (Wildman–Crippen LogP) is 0.881. The van der Waals surface area contributed by atoms with Gasteiger partial charge in [0.05, 0.1) is 0 Å². The fourth-order valence-electron chi connectivity index (χ4n) is 1.32. The van der Waals surface area contributed by atoms with Crippen molar-refractivity contribution in [1.82, 2.24) is 16.2 Å². The second-order valence-electron chi connectivity index (χ2n) is 3.88. The molecule has 1 aromatic carbocycles. The molecule has 18 heavy (non-hydrogen) atoms. The minimum Gasteiger partial charge on any atom is -0.378 e. The van der Waals surface area contributed by atoms with Crippen LogP contribution in [0.15, 0.2) is 24.3 Å². The number of nitrogens with zero attached hydrogens (tertiary/aromatic N) is 1. The van der Waals surface area contributed by atoms with Gasteiger partial charge in [-0.3, -0.25) is 15.6 Å². The number of rotatable bonds is 3. The largest absolute Gasteiger partial charge is 0.378 e. The molecule has 0 aliphatic heterocycles. The smallest absolute Gasteiger partial charge is 0.269 e. The summed E-state index contributed by atoms with van der Waals surface area (Å²) < 4.78 is 0. The molecule has 3 N–H and O–H groups in total. The Morgan fingerprint density at radius 2 is 2.06 bits per heavy atom. The van der Waals surface area contributed by atoms with Crippen LogP contribution in [0.5, 0.6) is 0 Å². The number of hydrogen-bond donors (Lipinski definition) is 3. The van der Waals surface area contributed by atoms with Crippen LogP contribution in [0.1, 0.15) is 17.3 Å². The number of carbonyl (C=O) groups is 1. The van der Waals surface area contributed by atoms with Crippen LogP contribution in [-0.2, 0) is 0 Å². The fourth-order valence-corrected chi connectivity index (χ4v) is 1.51. The zero-order chi connectivity index (χ0) is 13.5. The summed E-state index contributed by atoms with van der Waals surface area (Å²) in [6.07, 6.45) is 0. The van der Waals surface area contributed by atoms with Crippen molar-refractivity contribution in [2.45, 2.75) is 6.92 Å². The predicted molar refractivity (Wildman–Crippen MR) is 77.6 cm³/mol. The normalized spacial score (nSPS) is 9.50. The summed E-state index contributed by atoms with van der Waals surface area (Å²) in [6.45, 7) is 2.63. The topological polar surface area (TPSA) is 56.4 Å². The Kier molecular flexibility index (Phi) is 5.38. The average Bonchev–Trinajstić information content (AvgIpc) is 2.36. The van der Waals surface area contributed by atoms with Crippen molar-refractivity contribution in [1.29, 1.82) is 0 Å². The van der Waals surface area contributed by atoms with E-state index in [4.69, 9.17) is 12.2 Å². The van der Waals surface area contributed by atoms with Crippen LogP contribution < -0.4 is 21.1 Å². The minimum absolute atomic E-state index is 0.223. The molecule has 0 fully saturated rings. The van der Waals surface area contributed by atoms with Crippen molar-refractivity contribution in [3.8, 4) is 0 Å². The van der Waals surface area contributed by atoms with Crippen LogP contribution >= 0.6 is 12.2 Å². The zero-order valence-corrected chi connectivity index (χ0v) is 11.6. The lowest BCUT2D eigenvalue weighted by Gasteiger charge is -2.14. The highest BCUT2D eigenvalue weighted by molar-refractivity contribution is 7.80. The first-order valence-electron chi connectivity index (χ1n) is 5.66. The van der Waals surface area contributed by atoms with E-state index in [2.05, 4.69) is 16.2 Å². The van der Waals surface area contributed by atoms with Gasteiger partial charge in [0.25, 0.3) is 5.91 Å². The van der Waals surface area contributed by atoms with Gasteiger partial charge in [0, 0.05) is 31.9 Å². The molecule has 1 aromatic rings. The third-order valence-corrected chi connectivity index (χ3v) is 2.50. The minimum atomic E-state index is -0.223. The molecule has 6 heteroatoms. The summed E-state index contributed by atoms with van der Waals surface area (Å²) in [5, 5.41) is 3.28. The van der Waals surface area contributed by atoms with E-state index in [9.17, 15) is 4.79 Å². The van der Waals surface area contributed by atoms with Crippen LogP contribution in [0.25, 0.3) is 0 Å². The van der Waals surface area contributed by atoms with E-state index < -0.39 is 0 Å². The highest BCUT2D eigenvalue weighted by Crippen LogP contribution is 2.12. The van der Waals surface area contributed by atoms with Crippen molar-refractivity contribution in [3.63, 3.8) is 0 Å². The molecule has 98 valence electrons. The molecular weight excluding hydrogens is 248 g/mol. The first kappa shape index (κ1) is 14.2. The van der Waals surface area contributed by atoms with Crippen molar-refractivity contribution in [2.75, 3.05) is 25.5 Å². The van der Waals surface area contributed by atoms with Crippen LogP contribution in [0, 0.1) is 0 Å². The van der Waals surface area contributed by atoms with Gasteiger partial charge in [-0.25, -0.2) is 0 Å². The summed E-state index contributed by atoms with van der Waals surface area (Å²) >= 11 is 4.94. The number of nitrogens with one attached hydrogen (secondary N) is 3. The molecule has 1 amide bonds. The Labute approximate surface area is 113 Å². The molecule has 0 heterocycles. The highest BCUT2D eigenvalue weighted by Gasteiger charge is 2.06. The molecule has 0 spiro atoms. The standard InChI is InChI=1S/C12H18N4OS/c1-4-13-12(18)15-14-11(17)9-6-5-7-10(8-9)16(2)3/h5-8H,4H2,1-3H3,(H,14,17)(H2,13,15,18). The molecule has 0 unspecified atom stereocenters. The number of amides is 1. The summed E-state index contributed by atoms with van der Waals surface area (Å²) in [6, 6.07) is 7.34. The van der Waals surface area contributed by atoms with E-state index in [-0.39, 0.29) is 5.91 Å². The van der Waals surface area contributed by atoms with Crippen molar-refractivity contribution in [2.24, 2.45) is 0 Å². The van der Waals surface area contributed by atoms with Gasteiger partial charge in [0.15, 0.2) is 5.11 Å². The van der Waals surface area contributed by atoms with Gasteiger partial charge in [0.2, 0.25) is 0 Å². The van der Waals surface area contributed by atoms with E-state index in [1.807, 2.05) is 44.1 Å². The van der Waals surface area contributed by atoms with Crippen LogP contribution in [0.3, 0.4) is 0 Å². The summed E-state index contributed by atoms with van der Waals surface area (Å²) in [5.74, 6) is -0.223. The van der Waals surface area contributed by atoms with Gasteiger partial charge in [-0.2, -0.15) is 0 Å². The Morgan fingerprint density at radius 3 is 2.67 bits per heavy atom. The second-order valence-corrected chi connectivity index (χ2v) is 4.29. The quantitative estimate of drug-likeness (QED) is 0.560. The molecule has 5 nitrogen and oxygen atoms in total. The maximum Gasteiger partial charge on any atom is 0.269 e. The first-order chi connectivity index (χ1) is 8.54. The lowest BCUT2D eigenvalue weighted by Crippen LogP contribution is -2.46. The van der Waals surface area contributed by atoms with Gasteiger partial charge in [0.1, 0.15) is 0 Å². The van der Waals surface area contributed by atoms with Crippen LogP contribution in [0.2, 0.25) is 0 Å². The van der Waals surface area contributed by atoms with Gasteiger partial charge < -0.3 is 10.2 Å². The van der Waals surface area contributed by atoms with Crippen molar-refractivity contribution in [3.05, 3.63) is 29.8 Å². The number of hydrogen-bond acceptors (Lipinski definition) is 3. The van der Waals surface area contributed by atoms with Gasteiger partial charge in [-0.1, -0.05) is 6.07 Å². The highest BCUT2D eigenvalue weighted by atomic mass is 32.1. The number of benzene rings is 1. The molecule has 0 bridgehead atoms. The zero-order valence-electron chi connectivity index (χ0n) is 10.8. The molecular formula is C12H18N4OS. The summed E-state index contributed by atoms with van der Waals surface area (Å²) in [7, 11) is 3.85. The van der Waals surface area contributed by atoms with Crippen LogP contribution in [-0.4, -0.2) is 31.7 Å². The number of carbonyl (C=O) groups excluding carboxylic acids is 1. The lowest BCUT2D eigenvalue weighted by atomic mass is 10.2. The second kappa shape index (κ2) is 6.80. The Hall–Kier alpha value is -1.82. The maximum absolute atomic E-state index is 11.8. The van der Waals surface area contributed by atoms with E-state index in [0.29, 0.717) is 17.2 Å². The molecule has 0 saturated carbocycles. The van der Waals surface area contributed by atoms with Crippen LogP contribution in [0.4, 0.5) is 5.69 Å². The fraction of sp³-hybridized carbons (Fsp3) is 0.333.